The highest BCUT2D eigenvalue weighted by atomic mass is 35.5. The van der Waals surface area contributed by atoms with Crippen LogP contribution in [0.2, 0.25) is 5.02 Å². The number of halogens is 1. The van der Waals surface area contributed by atoms with Gasteiger partial charge in [0.25, 0.3) is 5.91 Å². The van der Waals surface area contributed by atoms with Crippen LogP contribution in [0.25, 0.3) is 0 Å². The van der Waals surface area contributed by atoms with Crippen LogP contribution in [-0.2, 0) is 19.4 Å². The molecule has 0 bridgehead atoms. The molecule has 4 rings (SSSR count). The lowest BCUT2D eigenvalue weighted by Crippen LogP contribution is -2.27. The minimum atomic E-state index is -0.191. The van der Waals surface area contributed by atoms with Gasteiger partial charge in [0.15, 0.2) is 0 Å². The molecule has 0 spiro atoms. The van der Waals surface area contributed by atoms with E-state index in [1.54, 1.807) is 18.2 Å². The topological polar surface area (TPSA) is 38.3 Å². The maximum absolute atomic E-state index is 13.0. The first-order chi connectivity index (χ1) is 14.1. The zero-order valence-corrected chi connectivity index (χ0v) is 17.2. The molecule has 4 heteroatoms. The summed E-state index contributed by atoms with van der Waals surface area (Å²) in [7, 11) is 0. The van der Waals surface area contributed by atoms with Gasteiger partial charge in [0.1, 0.15) is 12.4 Å². The molecule has 0 heterocycles. The number of hydrogen-bond donors (Lipinski definition) is 1. The quantitative estimate of drug-likeness (QED) is 0.554. The van der Waals surface area contributed by atoms with Gasteiger partial charge in [-0.1, -0.05) is 60.1 Å². The molecule has 0 saturated carbocycles. The van der Waals surface area contributed by atoms with Gasteiger partial charge in [0.2, 0.25) is 0 Å². The van der Waals surface area contributed by atoms with Gasteiger partial charge in [-0.05, 0) is 66.6 Å². The fourth-order valence-electron chi connectivity index (χ4n) is 3.76. The Labute approximate surface area is 176 Å². The van der Waals surface area contributed by atoms with E-state index in [0.29, 0.717) is 22.9 Å². The fraction of sp³-hybridized carbons (Fsp3) is 0.240. The molecule has 0 radical (unpaired) electrons. The summed E-state index contributed by atoms with van der Waals surface area (Å²) < 4.78 is 5.93. The van der Waals surface area contributed by atoms with Crippen LogP contribution in [0.15, 0.2) is 66.7 Å². The molecule has 0 aromatic heterocycles. The number of benzene rings is 3. The molecule has 0 saturated heterocycles. The standard InChI is InChI=1S/C25H24ClNO2/c1-17(20-11-10-19-8-5-9-21(19)14-20)27-25(28)23-15-22(26)12-13-24(23)29-16-18-6-3-2-4-7-18/h2-4,6-7,10-15,17H,5,8-9,16H2,1H3,(H,27,28). The summed E-state index contributed by atoms with van der Waals surface area (Å²) >= 11 is 6.16. The first kappa shape index (κ1) is 19.5. The predicted octanol–water partition coefficient (Wildman–Crippen LogP) is 5.90. The average molecular weight is 406 g/mol. The Morgan fingerprint density at radius 1 is 1.03 bits per heavy atom. The largest absolute Gasteiger partial charge is 0.488 e. The van der Waals surface area contributed by atoms with Crippen molar-refractivity contribution < 1.29 is 9.53 Å². The third-order valence-corrected chi connectivity index (χ3v) is 5.63. The Kier molecular flexibility index (Phi) is 5.86. The summed E-state index contributed by atoms with van der Waals surface area (Å²) in [6, 6.07) is 21.4. The van der Waals surface area contributed by atoms with Crippen LogP contribution in [0.5, 0.6) is 5.75 Å². The third kappa shape index (κ3) is 4.63. The predicted molar refractivity (Wildman–Crippen MR) is 117 cm³/mol. The molecule has 1 atom stereocenters. The number of rotatable bonds is 6. The van der Waals surface area contributed by atoms with Crippen molar-refractivity contribution in [2.45, 2.75) is 38.8 Å². The molecular weight excluding hydrogens is 382 g/mol. The summed E-state index contributed by atoms with van der Waals surface area (Å²) in [6.07, 6.45) is 3.49. The van der Waals surface area contributed by atoms with Crippen molar-refractivity contribution >= 4 is 17.5 Å². The molecule has 1 aliphatic rings. The zero-order valence-electron chi connectivity index (χ0n) is 16.5. The first-order valence-electron chi connectivity index (χ1n) is 9.99. The van der Waals surface area contributed by atoms with Crippen LogP contribution in [0.1, 0.15) is 52.0 Å². The van der Waals surface area contributed by atoms with Crippen LogP contribution in [0.3, 0.4) is 0 Å². The van der Waals surface area contributed by atoms with Crippen molar-refractivity contribution in [3.63, 3.8) is 0 Å². The van der Waals surface area contributed by atoms with E-state index >= 15 is 0 Å². The highest BCUT2D eigenvalue weighted by Crippen LogP contribution is 2.27. The van der Waals surface area contributed by atoms with E-state index in [9.17, 15) is 4.79 Å². The molecule has 148 valence electrons. The Balaban J connectivity index is 1.49. The van der Waals surface area contributed by atoms with Crippen molar-refractivity contribution in [3.8, 4) is 5.75 Å². The maximum atomic E-state index is 13.0. The molecule has 1 N–H and O–H groups in total. The lowest BCUT2D eigenvalue weighted by Gasteiger charge is -2.17. The summed E-state index contributed by atoms with van der Waals surface area (Å²) in [6.45, 7) is 2.40. The molecule has 1 unspecified atom stereocenters. The number of carbonyl (C=O) groups is 1. The van der Waals surface area contributed by atoms with E-state index in [1.165, 1.54) is 17.5 Å². The second-order valence-corrected chi connectivity index (χ2v) is 7.93. The molecule has 29 heavy (non-hydrogen) atoms. The second-order valence-electron chi connectivity index (χ2n) is 7.49. The van der Waals surface area contributed by atoms with Crippen LogP contribution in [0, 0.1) is 0 Å². The van der Waals surface area contributed by atoms with Gasteiger partial charge in [-0.2, -0.15) is 0 Å². The van der Waals surface area contributed by atoms with E-state index < -0.39 is 0 Å². The minimum absolute atomic E-state index is 0.102. The third-order valence-electron chi connectivity index (χ3n) is 5.39. The first-order valence-corrected chi connectivity index (χ1v) is 10.4. The zero-order chi connectivity index (χ0) is 20.2. The summed E-state index contributed by atoms with van der Waals surface area (Å²) in [4.78, 5) is 13.0. The van der Waals surface area contributed by atoms with Crippen molar-refractivity contribution in [2.75, 3.05) is 0 Å². The van der Waals surface area contributed by atoms with Crippen LogP contribution in [-0.4, -0.2) is 5.91 Å². The van der Waals surface area contributed by atoms with Crippen LogP contribution in [0.4, 0.5) is 0 Å². The minimum Gasteiger partial charge on any atom is -0.488 e. The summed E-state index contributed by atoms with van der Waals surface area (Å²) in [5.74, 6) is 0.334. The molecule has 3 aromatic rings. The number of ether oxygens (including phenoxy) is 1. The molecular formula is C25H24ClNO2. The van der Waals surface area contributed by atoms with Gasteiger partial charge in [0, 0.05) is 5.02 Å². The highest BCUT2D eigenvalue weighted by molar-refractivity contribution is 6.31. The SMILES string of the molecule is CC(NC(=O)c1cc(Cl)ccc1OCc1ccccc1)c1ccc2c(c1)CCC2. The van der Waals surface area contributed by atoms with Crippen LogP contribution < -0.4 is 10.1 Å². The normalized spacial score (nSPS) is 13.6. The number of carbonyl (C=O) groups excluding carboxylic acids is 1. The maximum Gasteiger partial charge on any atom is 0.255 e. The molecule has 3 aromatic carbocycles. The average Bonchev–Trinajstić information content (AvgIpc) is 3.21. The van der Waals surface area contributed by atoms with Crippen molar-refractivity contribution in [2.24, 2.45) is 0 Å². The number of hydrogen-bond acceptors (Lipinski definition) is 2. The second kappa shape index (κ2) is 8.71. The highest BCUT2D eigenvalue weighted by Gasteiger charge is 2.18. The number of aryl methyl sites for hydroxylation is 2. The van der Waals surface area contributed by atoms with E-state index in [-0.39, 0.29) is 11.9 Å². The van der Waals surface area contributed by atoms with Gasteiger partial charge in [0.05, 0.1) is 11.6 Å². The number of nitrogens with one attached hydrogen (secondary N) is 1. The van der Waals surface area contributed by atoms with Crippen molar-refractivity contribution in [3.05, 3.63) is 99.6 Å². The van der Waals surface area contributed by atoms with Crippen LogP contribution >= 0.6 is 11.6 Å². The number of amides is 1. The molecule has 1 aliphatic carbocycles. The van der Waals surface area contributed by atoms with E-state index in [4.69, 9.17) is 16.3 Å². The fourth-order valence-corrected chi connectivity index (χ4v) is 3.93. The Morgan fingerprint density at radius 2 is 1.83 bits per heavy atom. The van der Waals surface area contributed by atoms with Crippen molar-refractivity contribution in [1.29, 1.82) is 0 Å². The van der Waals surface area contributed by atoms with Crippen molar-refractivity contribution in [1.82, 2.24) is 5.32 Å². The van der Waals surface area contributed by atoms with Gasteiger partial charge < -0.3 is 10.1 Å². The molecule has 0 aliphatic heterocycles. The molecule has 1 amide bonds. The summed E-state index contributed by atoms with van der Waals surface area (Å²) in [5.41, 5.74) is 5.44. The lowest BCUT2D eigenvalue weighted by molar-refractivity contribution is 0.0935. The van der Waals surface area contributed by atoms with E-state index in [2.05, 4.69) is 23.5 Å². The van der Waals surface area contributed by atoms with Gasteiger partial charge in [-0.3, -0.25) is 4.79 Å². The smallest absolute Gasteiger partial charge is 0.255 e. The molecule has 3 nitrogen and oxygen atoms in total. The van der Waals surface area contributed by atoms with E-state index in [1.807, 2.05) is 37.3 Å². The van der Waals surface area contributed by atoms with Gasteiger partial charge in [-0.25, -0.2) is 0 Å². The Bertz CT molecular complexity index is 1020. The molecule has 0 fully saturated rings. The lowest BCUT2D eigenvalue weighted by atomic mass is 10.0. The Morgan fingerprint density at radius 3 is 2.66 bits per heavy atom. The Hall–Kier alpha value is -2.78. The van der Waals surface area contributed by atoms with Gasteiger partial charge >= 0.3 is 0 Å². The van der Waals surface area contributed by atoms with E-state index in [0.717, 1.165) is 24.0 Å². The summed E-state index contributed by atoms with van der Waals surface area (Å²) in [5, 5.41) is 3.60. The monoisotopic (exact) mass is 405 g/mol. The number of fused-ring (bicyclic) bond motifs is 1. The van der Waals surface area contributed by atoms with Gasteiger partial charge in [-0.15, -0.1) is 0 Å².